The van der Waals surface area contributed by atoms with Gasteiger partial charge in [0.1, 0.15) is 5.52 Å². The lowest BCUT2D eigenvalue weighted by Gasteiger charge is -2.22. The predicted molar refractivity (Wildman–Crippen MR) is 151 cm³/mol. The van der Waals surface area contributed by atoms with Crippen LogP contribution in [0.2, 0.25) is 0 Å². The highest BCUT2D eigenvalue weighted by molar-refractivity contribution is 7.91. The Labute approximate surface area is 229 Å². The number of para-hydroxylation sites is 1. The number of sulfonamides is 1. The van der Waals surface area contributed by atoms with E-state index >= 15 is 0 Å². The second kappa shape index (κ2) is 12.6. The first kappa shape index (κ1) is 31.1. The maximum atomic E-state index is 13.5. The third-order valence-corrected chi connectivity index (χ3v) is 9.70. The van der Waals surface area contributed by atoms with E-state index in [0.29, 0.717) is 40.5 Å². The van der Waals surface area contributed by atoms with Crippen molar-refractivity contribution in [1.82, 2.24) is 14.2 Å². The van der Waals surface area contributed by atoms with Crippen molar-refractivity contribution in [1.29, 1.82) is 0 Å². The maximum Gasteiger partial charge on any atom is 0.260 e. The number of thiazole rings is 1. The van der Waals surface area contributed by atoms with E-state index in [0.717, 1.165) is 19.1 Å². The zero-order valence-electron chi connectivity index (χ0n) is 21.5. The van der Waals surface area contributed by atoms with Crippen LogP contribution in [0.4, 0.5) is 5.13 Å². The normalized spacial score (nSPS) is 12.2. The van der Waals surface area contributed by atoms with Crippen molar-refractivity contribution in [3.8, 4) is 0 Å². The number of amides is 1. The Morgan fingerprint density at radius 1 is 0.946 bits per heavy atom. The van der Waals surface area contributed by atoms with Gasteiger partial charge in [0.05, 0.1) is 14.5 Å². The SMILES string of the molecule is CCCCN(C)S(=O)(=O)c1ccc(C(=O)N(CCN(C)C)c2nc3c(S(C)(=O)=O)cccc3s2)cc1.Cl. The van der Waals surface area contributed by atoms with Gasteiger partial charge in [0, 0.05) is 38.5 Å². The number of aromatic nitrogens is 1. The summed E-state index contributed by atoms with van der Waals surface area (Å²) in [5.74, 6) is -0.347. The lowest BCUT2D eigenvalue weighted by molar-refractivity contribution is 0.0985. The number of likely N-dealkylation sites (N-methyl/N-ethyl adjacent to an activating group) is 1. The number of carbonyl (C=O) groups is 1. The zero-order chi connectivity index (χ0) is 26.7. The van der Waals surface area contributed by atoms with Gasteiger partial charge >= 0.3 is 0 Å². The number of nitrogens with zero attached hydrogens (tertiary/aromatic N) is 4. The van der Waals surface area contributed by atoms with Gasteiger partial charge in [0.2, 0.25) is 10.0 Å². The molecule has 1 aromatic heterocycles. The summed E-state index contributed by atoms with van der Waals surface area (Å²) < 4.78 is 52.1. The number of unbranched alkanes of at least 4 members (excludes halogenated alkanes) is 1. The smallest absolute Gasteiger partial charge is 0.260 e. The highest BCUT2D eigenvalue weighted by atomic mass is 35.5. The van der Waals surface area contributed by atoms with E-state index in [9.17, 15) is 21.6 Å². The number of benzene rings is 2. The minimum Gasteiger partial charge on any atom is -0.308 e. The van der Waals surface area contributed by atoms with Crippen LogP contribution in [0.25, 0.3) is 10.2 Å². The van der Waals surface area contributed by atoms with E-state index in [-0.39, 0.29) is 28.1 Å². The van der Waals surface area contributed by atoms with Crippen LogP contribution in [0.1, 0.15) is 30.1 Å². The van der Waals surface area contributed by atoms with Gasteiger partial charge < -0.3 is 4.90 Å². The summed E-state index contributed by atoms with van der Waals surface area (Å²) in [4.78, 5) is 21.8. The topological polar surface area (TPSA) is 108 Å². The van der Waals surface area contributed by atoms with Crippen LogP contribution in [0.3, 0.4) is 0 Å². The van der Waals surface area contributed by atoms with E-state index in [1.54, 1.807) is 19.2 Å². The lowest BCUT2D eigenvalue weighted by Crippen LogP contribution is -2.36. The largest absolute Gasteiger partial charge is 0.308 e. The number of carbonyl (C=O) groups excluding carboxylic acids is 1. The second-order valence-corrected chi connectivity index (χ2v) is 13.9. The standard InChI is InChI=1S/C24H32N4O5S3.ClH/c1-6-7-15-27(4)36(32,33)19-13-11-18(12-14-19)23(29)28(17-16-26(2)3)24-25-22-20(34-24)9-8-10-21(22)35(5,30)31;/h8-14H,6-7,15-17H2,1-5H3;1H. The Morgan fingerprint density at radius 3 is 2.16 bits per heavy atom. The predicted octanol–water partition coefficient (Wildman–Crippen LogP) is 3.75. The molecule has 3 rings (SSSR count). The summed E-state index contributed by atoms with van der Waals surface area (Å²) in [6, 6.07) is 10.8. The minimum absolute atomic E-state index is 0. The van der Waals surface area contributed by atoms with E-state index in [1.807, 2.05) is 25.9 Å². The van der Waals surface area contributed by atoms with E-state index in [2.05, 4.69) is 4.98 Å². The molecular weight excluding hydrogens is 556 g/mol. The van der Waals surface area contributed by atoms with Crippen LogP contribution in [-0.2, 0) is 19.9 Å². The molecule has 1 amide bonds. The quantitative estimate of drug-likeness (QED) is 0.336. The van der Waals surface area contributed by atoms with Crippen molar-refractivity contribution in [2.24, 2.45) is 0 Å². The van der Waals surface area contributed by atoms with Gasteiger partial charge in [0.15, 0.2) is 15.0 Å². The number of anilines is 1. The molecule has 9 nitrogen and oxygen atoms in total. The molecule has 1 heterocycles. The second-order valence-electron chi connectivity index (χ2n) is 8.84. The number of fused-ring (bicyclic) bond motifs is 1. The molecule has 0 aliphatic heterocycles. The molecule has 2 aromatic carbocycles. The van der Waals surface area contributed by atoms with Gasteiger partial charge in [-0.2, -0.15) is 0 Å². The number of rotatable bonds is 11. The summed E-state index contributed by atoms with van der Waals surface area (Å²) in [6.07, 6.45) is 2.77. The fourth-order valence-electron chi connectivity index (χ4n) is 3.52. The molecule has 37 heavy (non-hydrogen) atoms. The van der Waals surface area contributed by atoms with Crippen molar-refractivity contribution < 1.29 is 21.6 Å². The molecule has 3 aromatic rings. The van der Waals surface area contributed by atoms with Crippen molar-refractivity contribution >= 4 is 64.9 Å². The van der Waals surface area contributed by atoms with Crippen molar-refractivity contribution in [3.63, 3.8) is 0 Å². The fourth-order valence-corrected chi connectivity index (χ4v) is 6.64. The number of sulfone groups is 1. The third-order valence-electron chi connectivity index (χ3n) is 5.65. The molecule has 0 bridgehead atoms. The molecule has 0 N–H and O–H groups in total. The Morgan fingerprint density at radius 2 is 1.59 bits per heavy atom. The molecular formula is C24H33ClN4O5S3. The third kappa shape index (κ3) is 7.27. The van der Waals surface area contributed by atoms with Gasteiger partial charge in [-0.3, -0.25) is 9.69 Å². The Bertz CT molecular complexity index is 1440. The summed E-state index contributed by atoms with van der Waals surface area (Å²) >= 11 is 1.24. The van der Waals surface area contributed by atoms with Crippen molar-refractivity contribution in [3.05, 3.63) is 48.0 Å². The summed E-state index contributed by atoms with van der Waals surface area (Å²) in [6.45, 7) is 3.29. The van der Waals surface area contributed by atoms with E-state index in [4.69, 9.17) is 0 Å². The molecule has 0 radical (unpaired) electrons. The molecule has 13 heteroatoms. The highest BCUT2D eigenvalue weighted by Crippen LogP contribution is 2.33. The Balaban J connectivity index is 0.00000481. The van der Waals surface area contributed by atoms with Crippen molar-refractivity contribution in [2.75, 3.05) is 51.9 Å². The van der Waals surface area contributed by atoms with Gasteiger partial charge in [0.25, 0.3) is 5.91 Å². The molecule has 0 atom stereocenters. The van der Waals surface area contributed by atoms with Gasteiger partial charge in [-0.25, -0.2) is 26.1 Å². The minimum atomic E-state index is -3.65. The fraction of sp³-hybridized carbons (Fsp3) is 0.417. The first-order valence-corrected chi connectivity index (χ1v) is 15.6. The van der Waals surface area contributed by atoms with Crippen LogP contribution in [0, 0.1) is 0 Å². The molecule has 0 spiro atoms. The van der Waals surface area contributed by atoms with Gasteiger partial charge in [-0.15, -0.1) is 12.4 Å². The molecule has 204 valence electrons. The zero-order valence-corrected chi connectivity index (χ0v) is 24.8. The average molecular weight is 589 g/mol. The summed E-state index contributed by atoms with van der Waals surface area (Å²) in [7, 11) is -1.83. The molecule has 0 unspecified atom stereocenters. The Kier molecular flexibility index (Phi) is 10.6. The van der Waals surface area contributed by atoms with Crippen LogP contribution in [0.15, 0.2) is 52.3 Å². The molecule has 0 fully saturated rings. The maximum absolute atomic E-state index is 13.5. The number of halogens is 1. The summed E-state index contributed by atoms with van der Waals surface area (Å²) in [5, 5.41) is 0.379. The van der Waals surface area contributed by atoms with E-state index in [1.165, 1.54) is 50.9 Å². The van der Waals surface area contributed by atoms with Crippen LogP contribution in [0.5, 0.6) is 0 Å². The first-order chi connectivity index (χ1) is 16.9. The average Bonchev–Trinajstić information content (AvgIpc) is 3.25. The van der Waals surface area contributed by atoms with Crippen LogP contribution >= 0.6 is 23.7 Å². The van der Waals surface area contributed by atoms with E-state index < -0.39 is 19.9 Å². The van der Waals surface area contributed by atoms with Gasteiger partial charge in [-0.1, -0.05) is 30.7 Å². The molecule has 0 saturated heterocycles. The molecule has 0 aliphatic rings. The summed E-state index contributed by atoms with van der Waals surface area (Å²) in [5.41, 5.74) is 0.644. The molecule has 0 saturated carbocycles. The van der Waals surface area contributed by atoms with Crippen LogP contribution in [-0.4, -0.2) is 84.0 Å². The van der Waals surface area contributed by atoms with Gasteiger partial charge in [-0.05, 0) is 56.9 Å². The highest BCUT2D eigenvalue weighted by Gasteiger charge is 2.25. The lowest BCUT2D eigenvalue weighted by atomic mass is 10.2. The first-order valence-electron chi connectivity index (χ1n) is 11.5. The van der Waals surface area contributed by atoms with Crippen molar-refractivity contribution in [2.45, 2.75) is 29.6 Å². The Hall–Kier alpha value is -2.09. The monoisotopic (exact) mass is 588 g/mol. The molecule has 0 aliphatic carbocycles. The number of hydrogen-bond acceptors (Lipinski definition) is 8. The van der Waals surface area contributed by atoms with Crippen LogP contribution < -0.4 is 4.90 Å². The number of hydrogen-bond donors (Lipinski definition) is 0.